The van der Waals surface area contributed by atoms with Gasteiger partial charge in [-0.05, 0) is 63.3 Å². The van der Waals surface area contributed by atoms with Crippen LogP contribution in [0, 0.1) is 38.5 Å². The lowest BCUT2D eigenvalue weighted by molar-refractivity contribution is -0.126. The highest BCUT2D eigenvalue weighted by Crippen LogP contribution is 2.33. The monoisotopic (exact) mass is 554 g/mol. The van der Waals surface area contributed by atoms with E-state index >= 15 is 0 Å². The molecule has 0 bridgehead atoms. The third-order valence-electron chi connectivity index (χ3n) is 8.38. The van der Waals surface area contributed by atoms with Gasteiger partial charge in [0.25, 0.3) is 5.91 Å². The Morgan fingerprint density at radius 3 is 2.21 bits per heavy atom. The van der Waals surface area contributed by atoms with Crippen molar-refractivity contribution < 1.29 is 19.5 Å². The number of aryl methyl sites for hydroxylation is 3. The molecule has 208 valence electrons. The van der Waals surface area contributed by atoms with Crippen molar-refractivity contribution >= 4 is 35.2 Å². The van der Waals surface area contributed by atoms with Crippen LogP contribution in [0.5, 0.6) is 0 Å². The molecule has 39 heavy (non-hydrogen) atoms. The van der Waals surface area contributed by atoms with Crippen LogP contribution in [0.15, 0.2) is 24.5 Å². The molecule has 3 saturated heterocycles. The molecule has 0 aliphatic carbocycles. The Kier molecular flexibility index (Phi) is 7.77. The van der Waals surface area contributed by atoms with E-state index in [1.165, 1.54) is 11.2 Å². The van der Waals surface area contributed by atoms with Gasteiger partial charge >= 0.3 is 6.09 Å². The normalized spacial score (nSPS) is 21.1. The van der Waals surface area contributed by atoms with Crippen molar-refractivity contribution in [1.29, 1.82) is 0 Å². The van der Waals surface area contributed by atoms with Crippen molar-refractivity contribution in [2.45, 2.75) is 27.2 Å². The summed E-state index contributed by atoms with van der Waals surface area (Å²) >= 11 is 6.37. The van der Waals surface area contributed by atoms with Crippen LogP contribution in [0.3, 0.4) is 0 Å². The fourth-order valence-corrected chi connectivity index (χ4v) is 6.25. The largest absolute Gasteiger partial charge is 0.465 e. The molecule has 3 fully saturated rings. The SMILES string of the molecule is Cc1ccc(N(CCCN2CC3CN(C(=O)c4c(C)ncnc4C)CC3C2)C(=O)C2CN(C(=O)O)C2)cc1Cl. The molecular weight excluding hydrogens is 520 g/mol. The van der Waals surface area contributed by atoms with Crippen molar-refractivity contribution in [3.05, 3.63) is 52.1 Å². The topological polar surface area (TPSA) is 110 Å². The molecule has 0 radical (unpaired) electrons. The van der Waals surface area contributed by atoms with Crippen molar-refractivity contribution in [3.63, 3.8) is 0 Å². The summed E-state index contributed by atoms with van der Waals surface area (Å²) in [6, 6.07) is 5.62. The summed E-state index contributed by atoms with van der Waals surface area (Å²) in [5.74, 6) is 0.498. The smallest absolute Gasteiger partial charge is 0.407 e. The van der Waals surface area contributed by atoms with Gasteiger partial charge in [0.05, 0.1) is 22.9 Å². The minimum Gasteiger partial charge on any atom is -0.465 e. The summed E-state index contributed by atoms with van der Waals surface area (Å²) in [5.41, 5.74) is 3.74. The highest BCUT2D eigenvalue weighted by molar-refractivity contribution is 6.31. The fourth-order valence-electron chi connectivity index (χ4n) is 6.08. The Balaban J connectivity index is 1.16. The van der Waals surface area contributed by atoms with E-state index in [0.29, 0.717) is 29.0 Å². The molecule has 0 spiro atoms. The number of hydrogen-bond acceptors (Lipinski definition) is 6. The van der Waals surface area contributed by atoms with Gasteiger partial charge in [-0.1, -0.05) is 17.7 Å². The first-order valence-electron chi connectivity index (χ1n) is 13.5. The summed E-state index contributed by atoms with van der Waals surface area (Å²) in [4.78, 5) is 53.5. The molecule has 2 atom stereocenters. The molecule has 1 N–H and O–H groups in total. The molecule has 11 heteroatoms. The molecule has 1 aromatic heterocycles. The quantitative estimate of drug-likeness (QED) is 0.560. The molecular formula is C28H35ClN6O4. The second kappa shape index (κ2) is 11.1. The molecule has 3 aliphatic heterocycles. The van der Waals surface area contributed by atoms with Gasteiger partial charge in [0.2, 0.25) is 5.91 Å². The zero-order chi connectivity index (χ0) is 27.8. The molecule has 5 rings (SSSR count). The summed E-state index contributed by atoms with van der Waals surface area (Å²) in [6.07, 6.45) is 1.29. The fraction of sp³-hybridized carbons (Fsp3) is 0.536. The minimum absolute atomic E-state index is 0.0231. The third-order valence-corrected chi connectivity index (χ3v) is 8.79. The van der Waals surface area contributed by atoms with E-state index in [1.54, 1.807) is 4.90 Å². The molecule has 3 amide bonds. The Bertz CT molecular complexity index is 1250. The molecule has 0 saturated carbocycles. The van der Waals surface area contributed by atoms with Crippen molar-refractivity contribution in [1.82, 2.24) is 24.7 Å². The zero-order valence-corrected chi connectivity index (χ0v) is 23.4. The highest BCUT2D eigenvalue weighted by Gasteiger charge is 2.42. The van der Waals surface area contributed by atoms with Gasteiger partial charge in [0.15, 0.2) is 0 Å². The number of rotatable bonds is 7. The maximum absolute atomic E-state index is 13.3. The van der Waals surface area contributed by atoms with Gasteiger partial charge in [-0.3, -0.25) is 9.59 Å². The van der Waals surface area contributed by atoms with Gasteiger partial charge in [0.1, 0.15) is 6.33 Å². The summed E-state index contributed by atoms with van der Waals surface area (Å²) in [5, 5.41) is 9.77. The van der Waals surface area contributed by atoms with Crippen LogP contribution >= 0.6 is 11.6 Å². The summed E-state index contributed by atoms with van der Waals surface area (Å²) < 4.78 is 0. The summed E-state index contributed by atoms with van der Waals surface area (Å²) in [6.45, 7) is 10.8. The predicted molar refractivity (Wildman–Crippen MR) is 147 cm³/mol. The maximum atomic E-state index is 13.3. The minimum atomic E-state index is -0.994. The van der Waals surface area contributed by atoms with E-state index in [0.717, 1.165) is 61.8 Å². The Morgan fingerprint density at radius 1 is 0.974 bits per heavy atom. The van der Waals surface area contributed by atoms with Crippen LogP contribution in [0.25, 0.3) is 0 Å². The second-order valence-corrected chi connectivity index (χ2v) is 11.5. The predicted octanol–water partition coefficient (Wildman–Crippen LogP) is 3.09. The number of carbonyl (C=O) groups excluding carboxylic acids is 2. The number of halogens is 1. The number of likely N-dealkylation sites (tertiary alicyclic amines) is 3. The Morgan fingerprint density at radius 2 is 1.62 bits per heavy atom. The molecule has 2 unspecified atom stereocenters. The first-order valence-corrected chi connectivity index (χ1v) is 13.9. The summed E-state index contributed by atoms with van der Waals surface area (Å²) in [7, 11) is 0. The first kappa shape index (κ1) is 27.3. The second-order valence-electron chi connectivity index (χ2n) is 11.1. The maximum Gasteiger partial charge on any atom is 0.407 e. The lowest BCUT2D eigenvalue weighted by Gasteiger charge is -2.39. The van der Waals surface area contributed by atoms with Crippen LogP contribution < -0.4 is 4.90 Å². The Labute approximate surface area is 233 Å². The lowest BCUT2D eigenvalue weighted by atomic mass is 9.98. The number of fused-ring (bicyclic) bond motifs is 1. The van der Waals surface area contributed by atoms with Crippen LogP contribution in [0.1, 0.15) is 33.7 Å². The van der Waals surface area contributed by atoms with E-state index in [1.807, 2.05) is 43.9 Å². The number of nitrogens with zero attached hydrogens (tertiary/aromatic N) is 6. The number of carboxylic acid groups (broad SMARTS) is 1. The number of amides is 3. The molecule has 2 aromatic rings. The Hall–Kier alpha value is -3.24. The van der Waals surface area contributed by atoms with E-state index in [2.05, 4.69) is 14.9 Å². The van der Waals surface area contributed by atoms with Gasteiger partial charge in [-0.15, -0.1) is 0 Å². The van der Waals surface area contributed by atoms with Crippen molar-refractivity contribution in [2.24, 2.45) is 17.8 Å². The third kappa shape index (κ3) is 5.58. The van der Waals surface area contributed by atoms with E-state index < -0.39 is 6.09 Å². The average Bonchev–Trinajstić information content (AvgIpc) is 3.41. The number of anilines is 1. The van der Waals surface area contributed by atoms with Crippen molar-refractivity contribution in [2.75, 3.05) is 57.3 Å². The van der Waals surface area contributed by atoms with Gasteiger partial charge < -0.3 is 24.7 Å². The lowest BCUT2D eigenvalue weighted by Crippen LogP contribution is -2.56. The first-order chi connectivity index (χ1) is 18.6. The van der Waals surface area contributed by atoms with E-state index in [4.69, 9.17) is 16.7 Å². The van der Waals surface area contributed by atoms with Crippen molar-refractivity contribution in [3.8, 4) is 0 Å². The number of hydrogen-bond donors (Lipinski definition) is 1. The van der Waals surface area contributed by atoms with Crippen LogP contribution in [0.4, 0.5) is 10.5 Å². The van der Waals surface area contributed by atoms with Crippen LogP contribution in [0.2, 0.25) is 5.02 Å². The van der Waals surface area contributed by atoms with Gasteiger partial charge in [-0.25, -0.2) is 14.8 Å². The molecule has 10 nitrogen and oxygen atoms in total. The number of aromatic nitrogens is 2. The number of carbonyl (C=O) groups is 3. The average molecular weight is 555 g/mol. The zero-order valence-electron chi connectivity index (χ0n) is 22.6. The molecule has 1 aromatic carbocycles. The number of benzene rings is 1. The highest BCUT2D eigenvalue weighted by atomic mass is 35.5. The molecule has 3 aliphatic rings. The van der Waals surface area contributed by atoms with E-state index in [-0.39, 0.29) is 30.8 Å². The van der Waals surface area contributed by atoms with Crippen LogP contribution in [-0.2, 0) is 4.79 Å². The van der Waals surface area contributed by atoms with E-state index in [9.17, 15) is 14.4 Å². The van der Waals surface area contributed by atoms with Gasteiger partial charge in [0, 0.05) is 56.5 Å². The molecule has 4 heterocycles. The van der Waals surface area contributed by atoms with Gasteiger partial charge in [-0.2, -0.15) is 0 Å². The standard InChI is InChI=1S/C28H35ClN6O4/c1-17-5-6-23(9-24(17)29)35(26(36)22-14-34(15-22)28(38)39)8-4-7-32-10-20-12-33(13-21(20)11-32)27(37)25-18(2)30-16-31-19(25)3/h5-6,9,16,20-22H,4,7-8,10-15H2,1-3H3,(H,38,39). The van der Waals surface area contributed by atoms with Crippen LogP contribution in [-0.4, -0.2) is 100 Å².